The van der Waals surface area contributed by atoms with Crippen LogP contribution in [-0.2, 0) is 0 Å². The van der Waals surface area contributed by atoms with Gasteiger partial charge in [-0.1, -0.05) is 32.6 Å². The summed E-state index contributed by atoms with van der Waals surface area (Å²) >= 11 is 0. The molecule has 4 heteroatoms. The molecule has 24 heavy (non-hydrogen) atoms. The fraction of sp³-hybridized carbons (Fsp3) is 0.650. The maximum absolute atomic E-state index is 13.3. The third-order valence-corrected chi connectivity index (χ3v) is 5.01. The van der Waals surface area contributed by atoms with Gasteiger partial charge in [0.2, 0.25) is 0 Å². The summed E-state index contributed by atoms with van der Waals surface area (Å²) in [4.78, 5) is 12.5. The maximum atomic E-state index is 13.3. The first kappa shape index (κ1) is 18.9. The Balaban J connectivity index is 2.02. The van der Waals surface area contributed by atoms with E-state index in [0.717, 1.165) is 31.6 Å². The summed E-state index contributed by atoms with van der Waals surface area (Å²) in [6, 6.07) is 4.41. The van der Waals surface area contributed by atoms with E-state index in [0.29, 0.717) is 24.7 Å². The average Bonchev–Trinajstić information content (AvgIpc) is 2.57. The number of ether oxygens (including phenoxy) is 1. The van der Waals surface area contributed by atoms with Crippen molar-refractivity contribution in [3.8, 4) is 5.75 Å². The standard InChI is InChI=1S/C20H28F2O2/c1-3-5-14-6-8-15(9-7-14)12-19(23)17-11-10-16(24-4-2)13-18(17)20(21)22/h10-11,13-15,20H,3-9,12H2,1-2H3. The minimum absolute atomic E-state index is 0.157. The van der Waals surface area contributed by atoms with Crippen LogP contribution in [0.25, 0.3) is 0 Å². The largest absolute Gasteiger partial charge is 0.494 e. The van der Waals surface area contributed by atoms with E-state index in [1.807, 2.05) is 0 Å². The molecule has 134 valence electrons. The van der Waals surface area contributed by atoms with Crippen molar-refractivity contribution in [3.63, 3.8) is 0 Å². The zero-order valence-electron chi connectivity index (χ0n) is 14.7. The number of hydrogen-bond donors (Lipinski definition) is 0. The second-order valence-electron chi connectivity index (χ2n) is 6.79. The minimum atomic E-state index is -2.66. The van der Waals surface area contributed by atoms with Gasteiger partial charge in [-0.05, 0) is 49.8 Å². The van der Waals surface area contributed by atoms with Crippen molar-refractivity contribution in [2.45, 2.75) is 65.2 Å². The summed E-state index contributed by atoms with van der Waals surface area (Å²) in [7, 11) is 0. The SMILES string of the molecule is CCCC1CCC(CC(=O)c2ccc(OCC)cc2C(F)F)CC1. The second kappa shape index (κ2) is 9.14. The smallest absolute Gasteiger partial charge is 0.264 e. The van der Waals surface area contributed by atoms with Gasteiger partial charge >= 0.3 is 0 Å². The quantitative estimate of drug-likeness (QED) is 0.527. The first-order chi connectivity index (χ1) is 11.5. The van der Waals surface area contributed by atoms with Crippen molar-refractivity contribution in [3.05, 3.63) is 29.3 Å². The van der Waals surface area contributed by atoms with E-state index < -0.39 is 6.43 Å². The lowest BCUT2D eigenvalue weighted by molar-refractivity contribution is 0.0928. The molecule has 0 radical (unpaired) electrons. The molecule has 1 fully saturated rings. The Morgan fingerprint density at radius 2 is 1.83 bits per heavy atom. The van der Waals surface area contributed by atoms with Crippen molar-refractivity contribution in [1.29, 1.82) is 0 Å². The van der Waals surface area contributed by atoms with Crippen LogP contribution in [0, 0.1) is 11.8 Å². The molecule has 1 aromatic rings. The molecule has 2 nitrogen and oxygen atoms in total. The van der Waals surface area contributed by atoms with E-state index in [9.17, 15) is 13.6 Å². The summed E-state index contributed by atoms with van der Waals surface area (Å²) in [5.41, 5.74) is -0.0465. The average molecular weight is 338 g/mol. The van der Waals surface area contributed by atoms with E-state index >= 15 is 0 Å². The fourth-order valence-corrected chi connectivity index (χ4v) is 3.74. The number of rotatable bonds is 8. The van der Waals surface area contributed by atoms with E-state index in [1.165, 1.54) is 25.0 Å². The Kier molecular flexibility index (Phi) is 7.19. The third kappa shape index (κ3) is 5.02. The van der Waals surface area contributed by atoms with Crippen LogP contribution >= 0.6 is 0 Å². The molecule has 2 rings (SSSR count). The first-order valence-corrected chi connectivity index (χ1v) is 9.13. The van der Waals surface area contributed by atoms with Crippen molar-refractivity contribution < 1.29 is 18.3 Å². The Hall–Kier alpha value is -1.45. The molecular weight excluding hydrogens is 310 g/mol. The number of carbonyl (C=O) groups excluding carboxylic acids is 1. The highest BCUT2D eigenvalue weighted by Gasteiger charge is 2.25. The van der Waals surface area contributed by atoms with Crippen LogP contribution in [0.15, 0.2) is 18.2 Å². The Labute approximate surface area is 143 Å². The van der Waals surface area contributed by atoms with E-state index in [4.69, 9.17) is 4.74 Å². The lowest BCUT2D eigenvalue weighted by Crippen LogP contribution is -2.18. The predicted molar refractivity (Wildman–Crippen MR) is 91.9 cm³/mol. The zero-order chi connectivity index (χ0) is 17.5. The number of benzene rings is 1. The molecule has 0 bridgehead atoms. The van der Waals surface area contributed by atoms with Gasteiger partial charge in [0.1, 0.15) is 5.75 Å². The summed E-state index contributed by atoms with van der Waals surface area (Å²) in [6.07, 6.45) is 4.59. The van der Waals surface area contributed by atoms with Gasteiger partial charge in [0, 0.05) is 17.5 Å². The highest BCUT2D eigenvalue weighted by molar-refractivity contribution is 5.97. The normalized spacial score (nSPS) is 21.0. The van der Waals surface area contributed by atoms with E-state index in [-0.39, 0.29) is 16.9 Å². The van der Waals surface area contributed by atoms with Gasteiger partial charge < -0.3 is 4.74 Å². The first-order valence-electron chi connectivity index (χ1n) is 9.13. The van der Waals surface area contributed by atoms with Crippen LogP contribution in [0.4, 0.5) is 8.78 Å². The number of hydrogen-bond acceptors (Lipinski definition) is 2. The zero-order valence-corrected chi connectivity index (χ0v) is 14.7. The molecule has 0 heterocycles. The number of halogens is 2. The van der Waals surface area contributed by atoms with Crippen LogP contribution in [0.5, 0.6) is 5.75 Å². The van der Waals surface area contributed by atoms with E-state index in [2.05, 4.69) is 6.92 Å². The molecule has 0 unspecified atom stereocenters. The van der Waals surface area contributed by atoms with Crippen molar-refractivity contribution in [1.82, 2.24) is 0 Å². The summed E-state index contributed by atoms with van der Waals surface area (Å²) in [5.74, 6) is 1.35. The predicted octanol–water partition coefficient (Wildman–Crippen LogP) is 6.20. The van der Waals surface area contributed by atoms with Crippen molar-refractivity contribution in [2.24, 2.45) is 11.8 Å². The Morgan fingerprint density at radius 1 is 1.17 bits per heavy atom. The maximum Gasteiger partial charge on any atom is 0.264 e. The molecule has 0 N–H and O–H groups in total. The highest BCUT2D eigenvalue weighted by atomic mass is 19.3. The number of ketones is 1. The van der Waals surface area contributed by atoms with Gasteiger partial charge in [-0.25, -0.2) is 8.78 Å². The molecule has 0 aliphatic heterocycles. The molecule has 1 aromatic carbocycles. The van der Waals surface area contributed by atoms with E-state index in [1.54, 1.807) is 13.0 Å². The summed E-state index contributed by atoms with van der Waals surface area (Å²) in [5, 5.41) is 0. The molecular formula is C20H28F2O2. The van der Waals surface area contributed by atoms with Gasteiger partial charge in [0.15, 0.2) is 5.78 Å². The van der Waals surface area contributed by atoms with Crippen LogP contribution in [0.3, 0.4) is 0 Å². The van der Waals surface area contributed by atoms with Gasteiger partial charge in [-0.15, -0.1) is 0 Å². The molecule has 0 atom stereocenters. The Morgan fingerprint density at radius 3 is 2.42 bits per heavy atom. The lowest BCUT2D eigenvalue weighted by atomic mass is 9.77. The second-order valence-corrected chi connectivity index (χ2v) is 6.79. The number of Topliss-reactive ketones (excluding diaryl/α,β-unsaturated/α-hetero) is 1. The number of carbonyl (C=O) groups is 1. The van der Waals surface area contributed by atoms with Gasteiger partial charge in [0.05, 0.1) is 6.61 Å². The highest BCUT2D eigenvalue weighted by Crippen LogP contribution is 2.35. The van der Waals surface area contributed by atoms with Gasteiger partial charge in [-0.3, -0.25) is 4.79 Å². The van der Waals surface area contributed by atoms with Crippen molar-refractivity contribution in [2.75, 3.05) is 6.61 Å². The molecule has 0 aromatic heterocycles. The van der Waals surface area contributed by atoms with Crippen LogP contribution in [0.1, 0.15) is 81.1 Å². The van der Waals surface area contributed by atoms with Gasteiger partial charge in [-0.2, -0.15) is 0 Å². The Bertz CT molecular complexity index is 534. The van der Waals surface area contributed by atoms with Crippen LogP contribution in [0.2, 0.25) is 0 Å². The number of alkyl halides is 2. The van der Waals surface area contributed by atoms with Crippen LogP contribution < -0.4 is 4.74 Å². The van der Waals surface area contributed by atoms with Crippen LogP contribution in [-0.4, -0.2) is 12.4 Å². The lowest BCUT2D eigenvalue weighted by Gasteiger charge is -2.28. The fourth-order valence-electron chi connectivity index (χ4n) is 3.74. The molecule has 0 amide bonds. The topological polar surface area (TPSA) is 26.3 Å². The van der Waals surface area contributed by atoms with Crippen molar-refractivity contribution >= 4 is 5.78 Å². The minimum Gasteiger partial charge on any atom is -0.494 e. The monoisotopic (exact) mass is 338 g/mol. The summed E-state index contributed by atoms with van der Waals surface area (Å²) < 4.78 is 31.9. The molecule has 0 spiro atoms. The molecule has 1 aliphatic carbocycles. The summed E-state index contributed by atoms with van der Waals surface area (Å²) in [6.45, 7) is 4.42. The van der Waals surface area contributed by atoms with Gasteiger partial charge in [0.25, 0.3) is 6.43 Å². The molecule has 0 saturated heterocycles. The molecule has 1 saturated carbocycles. The molecule has 1 aliphatic rings. The third-order valence-electron chi connectivity index (χ3n) is 5.01.